The zero-order valence-corrected chi connectivity index (χ0v) is 14.6. The third-order valence-electron chi connectivity index (χ3n) is 3.33. The minimum Gasteiger partial charge on any atom is -0.492 e. The molecule has 1 heterocycles. The van der Waals surface area contributed by atoms with Crippen molar-refractivity contribution < 1.29 is 9.66 Å². The van der Waals surface area contributed by atoms with Crippen LogP contribution < -0.4 is 4.74 Å². The standard InChI is InChI=1S/C18H16N4O3S/c23-22(24)15-7-4-8-16(13-15)25-11-12-26-18-19-17(20-21-18)10-9-14-5-2-1-3-6-14/h1-10,13H,11-12H2,(H,19,20,21)/b10-9+. The number of hydrogen-bond acceptors (Lipinski definition) is 6. The molecule has 3 aromatic rings. The van der Waals surface area contributed by atoms with Crippen LogP contribution in [0.5, 0.6) is 5.75 Å². The zero-order chi connectivity index (χ0) is 18.2. The van der Waals surface area contributed by atoms with Gasteiger partial charge in [0.15, 0.2) is 0 Å². The molecular formula is C18H16N4O3S. The molecule has 7 nitrogen and oxygen atoms in total. The van der Waals surface area contributed by atoms with Gasteiger partial charge in [-0.25, -0.2) is 4.98 Å². The number of nitro groups is 1. The van der Waals surface area contributed by atoms with Crippen LogP contribution in [0.1, 0.15) is 11.4 Å². The van der Waals surface area contributed by atoms with Crippen LogP contribution >= 0.6 is 11.8 Å². The molecule has 0 fully saturated rings. The molecule has 0 aliphatic carbocycles. The number of H-pyrrole nitrogens is 1. The van der Waals surface area contributed by atoms with Crippen LogP contribution in [0.25, 0.3) is 12.2 Å². The minimum atomic E-state index is -0.445. The van der Waals surface area contributed by atoms with E-state index in [0.29, 0.717) is 29.1 Å². The largest absolute Gasteiger partial charge is 0.492 e. The Hall–Kier alpha value is -3.13. The Morgan fingerprint density at radius 1 is 1.15 bits per heavy atom. The highest BCUT2D eigenvalue weighted by atomic mass is 32.2. The molecule has 0 unspecified atom stereocenters. The van der Waals surface area contributed by atoms with Crippen LogP contribution in [0.3, 0.4) is 0 Å². The van der Waals surface area contributed by atoms with E-state index in [2.05, 4.69) is 15.2 Å². The van der Waals surface area contributed by atoms with Crippen molar-refractivity contribution in [3.8, 4) is 5.75 Å². The van der Waals surface area contributed by atoms with Crippen LogP contribution in [0.15, 0.2) is 59.8 Å². The van der Waals surface area contributed by atoms with Crippen molar-refractivity contribution >= 4 is 29.6 Å². The van der Waals surface area contributed by atoms with Gasteiger partial charge in [0.2, 0.25) is 5.16 Å². The van der Waals surface area contributed by atoms with Crippen LogP contribution in [0.2, 0.25) is 0 Å². The molecule has 26 heavy (non-hydrogen) atoms. The predicted molar refractivity (Wildman–Crippen MR) is 101 cm³/mol. The maximum Gasteiger partial charge on any atom is 0.273 e. The van der Waals surface area contributed by atoms with E-state index in [-0.39, 0.29) is 5.69 Å². The SMILES string of the molecule is O=[N+]([O-])c1cccc(OCCSc2n[nH]c(/C=C/c3ccccc3)n2)c1. The molecule has 0 spiro atoms. The first-order chi connectivity index (χ1) is 12.7. The summed E-state index contributed by atoms with van der Waals surface area (Å²) in [6.07, 6.45) is 3.83. The van der Waals surface area contributed by atoms with Gasteiger partial charge in [-0.2, -0.15) is 0 Å². The molecule has 0 atom stereocenters. The summed E-state index contributed by atoms with van der Waals surface area (Å²) in [6.45, 7) is 0.398. The summed E-state index contributed by atoms with van der Waals surface area (Å²) in [5.74, 6) is 1.78. The number of nitrogens with zero attached hydrogens (tertiary/aromatic N) is 3. The Labute approximate surface area is 154 Å². The van der Waals surface area contributed by atoms with E-state index in [1.165, 1.54) is 23.9 Å². The van der Waals surface area contributed by atoms with Gasteiger partial charge in [-0.05, 0) is 17.7 Å². The Bertz CT molecular complexity index is 896. The number of non-ortho nitro benzene ring substituents is 1. The third kappa shape index (κ3) is 5.18. The Kier molecular flexibility index (Phi) is 6.00. The van der Waals surface area contributed by atoms with Gasteiger partial charge in [-0.15, -0.1) is 5.10 Å². The number of nitro benzene ring substituents is 1. The van der Waals surface area contributed by atoms with E-state index < -0.39 is 4.92 Å². The lowest BCUT2D eigenvalue weighted by Gasteiger charge is -2.04. The topological polar surface area (TPSA) is 93.9 Å². The van der Waals surface area contributed by atoms with Crippen molar-refractivity contribution in [3.05, 3.63) is 76.1 Å². The molecule has 0 saturated carbocycles. The predicted octanol–water partition coefficient (Wildman–Crippen LogP) is 4.05. The summed E-state index contributed by atoms with van der Waals surface area (Å²) in [6, 6.07) is 16.1. The van der Waals surface area contributed by atoms with Gasteiger partial charge in [-0.3, -0.25) is 15.2 Å². The molecule has 0 bridgehead atoms. The van der Waals surface area contributed by atoms with Crippen LogP contribution in [0.4, 0.5) is 5.69 Å². The van der Waals surface area contributed by atoms with Gasteiger partial charge >= 0.3 is 0 Å². The number of thioether (sulfide) groups is 1. The van der Waals surface area contributed by atoms with Crippen molar-refractivity contribution in [2.75, 3.05) is 12.4 Å². The number of rotatable bonds is 8. The first-order valence-corrected chi connectivity index (χ1v) is 8.85. The molecule has 0 amide bonds. The van der Waals surface area contributed by atoms with Gasteiger partial charge in [0.05, 0.1) is 17.6 Å². The fourth-order valence-corrected chi connectivity index (χ4v) is 2.74. The minimum absolute atomic E-state index is 0.0129. The lowest BCUT2D eigenvalue weighted by Crippen LogP contribution is -2.00. The number of benzene rings is 2. The summed E-state index contributed by atoms with van der Waals surface area (Å²) >= 11 is 1.45. The number of aromatic nitrogens is 3. The average Bonchev–Trinajstić information content (AvgIpc) is 3.12. The van der Waals surface area contributed by atoms with Crippen molar-refractivity contribution in [3.63, 3.8) is 0 Å². The number of nitrogens with one attached hydrogen (secondary N) is 1. The molecule has 2 aromatic carbocycles. The highest BCUT2D eigenvalue weighted by Gasteiger charge is 2.06. The van der Waals surface area contributed by atoms with Crippen LogP contribution in [-0.2, 0) is 0 Å². The Balaban J connectivity index is 1.46. The first-order valence-electron chi connectivity index (χ1n) is 7.86. The first kappa shape index (κ1) is 17.7. The number of aromatic amines is 1. The van der Waals surface area contributed by atoms with E-state index in [9.17, 15) is 10.1 Å². The Morgan fingerprint density at radius 2 is 2.00 bits per heavy atom. The summed E-state index contributed by atoms with van der Waals surface area (Å²) in [4.78, 5) is 14.7. The lowest BCUT2D eigenvalue weighted by atomic mass is 10.2. The fraction of sp³-hybridized carbons (Fsp3) is 0.111. The maximum absolute atomic E-state index is 10.7. The lowest BCUT2D eigenvalue weighted by molar-refractivity contribution is -0.384. The molecule has 8 heteroatoms. The van der Waals surface area contributed by atoms with Gasteiger partial charge in [0.25, 0.3) is 5.69 Å². The smallest absolute Gasteiger partial charge is 0.273 e. The van der Waals surface area contributed by atoms with Gasteiger partial charge in [0.1, 0.15) is 11.6 Å². The van der Waals surface area contributed by atoms with Gasteiger partial charge < -0.3 is 4.74 Å². The second-order valence-electron chi connectivity index (χ2n) is 5.20. The highest BCUT2D eigenvalue weighted by molar-refractivity contribution is 7.99. The quantitative estimate of drug-likeness (QED) is 0.279. The fourth-order valence-electron chi connectivity index (χ4n) is 2.12. The third-order valence-corrected chi connectivity index (χ3v) is 4.14. The molecule has 0 radical (unpaired) electrons. The van der Waals surface area contributed by atoms with Crippen molar-refractivity contribution in [2.24, 2.45) is 0 Å². The molecule has 0 saturated heterocycles. The monoisotopic (exact) mass is 368 g/mol. The van der Waals surface area contributed by atoms with E-state index in [1.54, 1.807) is 12.1 Å². The molecular weight excluding hydrogens is 352 g/mol. The molecule has 1 N–H and O–H groups in total. The molecule has 132 valence electrons. The van der Waals surface area contributed by atoms with Crippen LogP contribution in [-0.4, -0.2) is 32.5 Å². The molecule has 1 aromatic heterocycles. The van der Waals surface area contributed by atoms with E-state index in [0.717, 1.165) is 5.56 Å². The highest BCUT2D eigenvalue weighted by Crippen LogP contribution is 2.20. The second kappa shape index (κ2) is 8.82. The van der Waals surface area contributed by atoms with Gasteiger partial charge in [0, 0.05) is 11.8 Å². The summed E-state index contributed by atoms with van der Waals surface area (Å²) in [5.41, 5.74) is 1.10. The Morgan fingerprint density at radius 3 is 2.81 bits per heavy atom. The van der Waals surface area contributed by atoms with Crippen molar-refractivity contribution in [1.29, 1.82) is 0 Å². The summed E-state index contributed by atoms with van der Waals surface area (Å²) in [5, 5.41) is 18.4. The average molecular weight is 368 g/mol. The summed E-state index contributed by atoms with van der Waals surface area (Å²) in [7, 11) is 0. The van der Waals surface area contributed by atoms with E-state index in [1.807, 2.05) is 42.5 Å². The number of hydrogen-bond donors (Lipinski definition) is 1. The molecule has 0 aliphatic heterocycles. The van der Waals surface area contributed by atoms with Gasteiger partial charge in [-0.1, -0.05) is 54.2 Å². The molecule has 0 aliphatic rings. The maximum atomic E-state index is 10.7. The normalized spacial score (nSPS) is 10.9. The van der Waals surface area contributed by atoms with Crippen molar-refractivity contribution in [1.82, 2.24) is 15.2 Å². The molecule has 3 rings (SSSR count). The van der Waals surface area contributed by atoms with Crippen LogP contribution in [0, 0.1) is 10.1 Å². The zero-order valence-electron chi connectivity index (χ0n) is 13.7. The van der Waals surface area contributed by atoms with E-state index in [4.69, 9.17) is 4.74 Å². The number of ether oxygens (including phenoxy) is 1. The van der Waals surface area contributed by atoms with E-state index >= 15 is 0 Å². The van der Waals surface area contributed by atoms with Crippen molar-refractivity contribution in [2.45, 2.75) is 5.16 Å². The summed E-state index contributed by atoms with van der Waals surface area (Å²) < 4.78 is 5.53. The second-order valence-corrected chi connectivity index (χ2v) is 6.26.